The highest BCUT2D eigenvalue weighted by Crippen LogP contribution is 2.38. The predicted octanol–water partition coefficient (Wildman–Crippen LogP) is 6.99. The lowest BCUT2D eigenvalue weighted by molar-refractivity contribution is -0.129. The minimum atomic E-state index is -0.889. The van der Waals surface area contributed by atoms with Crippen LogP contribution in [0, 0.1) is 28.9 Å². The van der Waals surface area contributed by atoms with E-state index in [2.05, 4.69) is 25.8 Å². The number of halogens is 3. The summed E-state index contributed by atoms with van der Waals surface area (Å²) in [5.74, 6) is -2.37. The van der Waals surface area contributed by atoms with Crippen molar-refractivity contribution in [1.29, 1.82) is 5.26 Å². The molecular formula is C33H28ClF2N7O3. The Balaban J connectivity index is 1.34. The molecule has 2 aliphatic rings. The highest BCUT2D eigenvalue weighted by molar-refractivity contribution is 6.31. The van der Waals surface area contributed by atoms with Crippen molar-refractivity contribution in [2.24, 2.45) is 5.92 Å². The summed E-state index contributed by atoms with van der Waals surface area (Å²) in [6.07, 6.45) is 4.86. The average Bonchev–Trinajstić information content (AvgIpc) is 3.48. The molecule has 10 nitrogen and oxygen atoms in total. The van der Waals surface area contributed by atoms with E-state index >= 15 is 0 Å². The van der Waals surface area contributed by atoms with Crippen LogP contribution >= 0.6 is 11.6 Å². The first-order valence-corrected chi connectivity index (χ1v) is 15.1. The molecule has 0 fully saturated rings. The number of amides is 2. The number of nitriles is 1. The van der Waals surface area contributed by atoms with Crippen molar-refractivity contribution in [3.63, 3.8) is 0 Å². The van der Waals surface area contributed by atoms with Gasteiger partial charge in [-0.2, -0.15) is 5.26 Å². The molecule has 0 radical (unpaired) electrons. The SMILES string of the molecule is CC1CCCC(N2CCC(c3c(F)ccc(Cl)c3F)=CC2=O)c2cc(ccn2)-c2ccc(Nc3nnc(CC#N)o3)cc2NC1=O. The lowest BCUT2D eigenvalue weighted by Crippen LogP contribution is -2.38. The second-order valence-electron chi connectivity index (χ2n) is 11.2. The Kier molecular flexibility index (Phi) is 8.76. The van der Waals surface area contributed by atoms with Crippen molar-refractivity contribution in [3.05, 3.63) is 88.5 Å². The van der Waals surface area contributed by atoms with Crippen LogP contribution in [0.15, 0.2) is 59.2 Å². The molecule has 4 heterocycles. The van der Waals surface area contributed by atoms with Gasteiger partial charge in [-0.15, -0.1) is 5.10 Å². The summed E-state index contributed by atoms with van der Waals surface area (Å²) in [7, 11) is 0. The van der Waals surface area contributed by atoms with Gasteiger partial charge in [-0.1, -0.05) is 36.1 Å². The lowest BCUT2D eigenvalue weighted by atomic mass is 9.92. The molecule has 2 aromatic heterocycles. The summed E-state index contributed by atoms with van der Waals surface area (Å²) >= 11 is 5.91. The molecule has 6 rings (SSSR count). The van der Waals surface area contributed by atoms with Crippen molar-refractivity contribution in [1.82, 2.24) is 20.1 Å². The van der Waals surface area contributed by atoms with Gasteiger partial charge < -0.3 is 20.0 Å². The minimum absolute atomic E-state index is 0.0162. The zero-order valence-electron chi connectivity index (χ0n) is 24.7. The fourth-order valence-electron chi connectivity index (χ4n) is 5.79. The number of hydrogen-bond donors (Lipinski definition) is 2. The van der Waals surface area contributed by atoms with Gasteiger partial charge in [0.25, 0.3) is 0 Å². The third-order valence-corrected chi connectivity index (χ3v) is 8.46. The predicted molar refractivity (Wildman–Crippen MR) is 167 cm³/mol. The van der Waals surface area contributed by atoms with Crippen molar-refractivity contribution in [2.45, 2.75) is 45.1 Å². The molecule has 2 N–H and O–H groups in total. The normalized spacial score (nSPS) is 18.4. The summed E-state index contributed by atoms with van der Waals surface area (Å²) in [5.41, 5.74) is 3.23. The number of hydrogen-bond acceptors (Lipinski definition) is 8. The summed E-state index contributed by atoms with van der Waals surface area (Å²) in [6.45, 7) is 2.07. The van der Waals surface area contributed by atoms with Gasteiger partial charge >= 0.3 is 6.01 Å². The Morgan fingerprint density at radius 2 is 2.00 bits per heavy atom. The van der Waals surface area contributed by atoms with E-state index in [1.165, 1.54) is 6.08 Å². The standard InChI is InChI=1S/C33H28ClF2N7O3/c1-18-3-2-4-27(43-14-11-20(16-29(43)44)30-24(35)8-7-23(34)31(30)36)26-15-19(10-13-38-26)22-6-5-21(17-25(22)40-32(18)45)39-33-42-41-28(46-33)9-12-37/h5-8,10,13,15-18,27H,2-4,9,11,14H2,1H3,(H,39,42)(H,40,45). The van der Waals surface area contributed by atoms with E-state index in [1.807, 2.05) is 31.2 Å². The van der Waals surface area contributed by atoms with Gasteiger partial charge in [0.2, 0.25) is 17.7 Å². The van der Waals surface area contributed by atoms with Crippen molar-refractivity contribution in [2.75, 3.05) is 17.2 Å². The van der Waals surface area contributed by atoms with Crippen LogP contribution in [-0.2, 0) is 16.0 Å². The molecule has 2 atom stereocenters. The van der Waals surface area contributed by atoms with Crippen LogP contribution in [0.3, 0.4) is 0 Å². The number of rotatable bonds is 5. The first-order chi connectivity index (χ1) is 22.2. The topological polar surface area (TPSA) is 137 Å². The monoisotopic (exact) mass is 643 g/mol. The van der Waals surface area contributed by atoms with Crippen LogP contribution < -0.4 is 10.6 Å². The molecule has 2 bridgehead atoms. The van der Waals surface area contributed by atoms with E-state index < -0.39 is 17.7 Å². The van der Waals surface area contributed by atoms with E-state index in [-0.39, 0.29) is 65.2 Å². The number of carbonyl (C=O) groups is 2. The highest BCUT2D eigenvalue weighted by Gasteiger charge is 2.31. The molecule has 0 aliphatic carbocycles. The number of carbonyl (C=O) groups excluding carboxylic acids is 2. The zero-order valence-corrected chi connectivity index (χ0v) is 25.4. The van der Waals surface area contributed by atoms with E-state index in [4.69, 9.17) is 21.3 Å². The number of fused-ring (bicyclic) bond motifs is 4. The quantitative estimate of drug-likeness (QED) is 0.222. The molecule has 4 aromatic rings. The van der Waals surface area contributed by atoms with Crippen LogP contribution in [-0.4, -0.2) is 38.4 Å². The second kappa shape index (κ2) is 13.1. The van der Waals surface area contributed by atoms with Crippen molar-refractivity contribution < 1.29 is 22.8 Å². The van der Waals surface area contributed by atoms with Gasteiger partial charge in [0.15, 0.2) is 5.82 Å². The number of anilines is 3. The Hall–Kier alpha value is -5.15. The van der Waals surface area contributed by atoms with Crippen LogP contribution in [0.25, 0.3) is 16.7 Å². The van der Waals surface area contributed by atoms with Crippen LogP contribution in [0.4, 0.5) is 26.2 Å². The maximum absolute atomic E-state index is 14.8. The fourth-order valence-corrected chi connectivity index (χ4v) is 5.95. The summed E-state index contributed by atoms with van der Waals surface area (Å²) in [4.78, 5) is 33.1. The molecule has 0 spiro atoms. The molecule has 234 valence electrons. The smallest absolute Gasteiger partial charge is 0.320 e. The Bertz CT molecular complexity index is 1900. The average molecular weight is 644 g/mol. The van der Waals surface area contributed by atoms with Gasteiger partial charge in [-0.05, 0) is 66.8 Å². The van der Waals surface area contributed by atoms with Gasteiger partial charge in [0, 0.05) is 36.0 Å². The van der Waals surface area contributed by atoms with Gasteiger partial charge in [-0.3, -0.25) is 14.6 Å². The second-order valence-corrected chi connectivity index (χ2v) is 11.6. The van der Waals surface area contributed by atoms with Gasteiger partial charge in [-0.25, -0.2) is 8.78 Å². The molecule has 2 amide bonds. The van der Waals surface area contributed by atoms with Crippen LogP contribution in [0.2, 0.25) is 5.02 Å². The Labute approximate surface area is 268 Å². The van der Waals surface area contributed by atoms with E-state index in [0.717, 1.165) is 23.3 Å². The molecule has 2 aromatic carbocycles. The van der Waals surface area contributed by atoms with E-state index in [0.29, 0.717) is 36.3 Å². The third-order valence-electron chi connectivity index (χ3n) is 8.17. The summed E-state index contributed by atoms with van der Waals surface area (Å²) < 4.78 is 34.8. The van der Waals surface area contributed by atoms with E-state index in [9.17, 15) is 18.4 Å². The lowest BCUT2D eigenvalue weighted by Gasteiger charge is -2.34. The van der Waals surface area contributed by atoms with Crippen LogP contribution in [0.1, 0.15) is 55.8 Å². The molecule has 13 heteroatoms. The molecular weight excluding hydrogens is 616 g/mol. The van der Waals surface area contributed by atoms with E-state index in [1.54, 1.807) is 23.2 Å². The molecule has 0 saturated heterocycles. The number of pyridine rings is 1. The summed E-state index contributed by atoms with van der Waals surface area (Å²) in [6, 6.07) is 13.0. The number of nitrogens with one attached hydrogen (secondary N) is 2. The molecule has 46 heavy (non-hydrogen) atoms. The third kappa shape index (κ3) is 6.32. The Morgan fingerprint density at radius 3 is 2.80 bits per heavy atom. The maximum Gasteiger partial charge on any atom is 0.320 e. The summed E-state index contributed by atoms with van der Waals surface area (Å²) in [5, 5.41) is 22.5. The highest BCUT2D eigenvalue weighted by atomic mass is 35.5. The molecule has 2 aliphatic heterocycles. The molecule has 2 unspecified atom stereocenters. The maximum atomic E-state index is 14.8. The largest absolute Gasteiger partial charge is 0.407 e. The van der Waals surface area contributed by atoms with Gasteiger partial charge in [0.05, 0.1) is 34.1 Å². The number of aromatic nitrogens is 3. The zero-order chi connectivity index (χ0) is 32.4. The van der Waals surface area contributed by atoms with Crippen molar-refractivity contribution >= 4 is 46.4 Å². The number of nitrogens with zero attached hydrogens (tertiary/aromatic N) is 5. The van der Waals surface area contributed by atoms with Crippen molar-refractivity contribution in [3.8, 4) is 17.2 Å². The fraction of sp³-hybridized carbons (Fsp3) is 0.273. The van der Waals surface area contributed by atoms with Gasteiger partial charge in [0.1, 0.15) is 12.2 Å². The number of benzene rings is 2. The first-order valence-electron chi connectivity index (χ1n) is 14.7. The minimum Gasteiger partial charge on any atom is -0.407 e. The Morgan fingerprint density at radius 1 is 1.15 bits per heavy atom. The van der Waals surface area contributed by atoms with Crippen LogP contribution in [0.5, 0.6) is 0 Å². The first kappa shape index (κ1) is 30.9. The molecule has 0 saturated carbocycles.